The second kappa shape index (κ2) is 5.72. The molecule has 0 radical (unpaired) electrons. The summed E-state index contributed by atoms with van der Waals surface area (Å²) in [5, 5.41) is 0. The predicted molar refractivity (Wildman–Crippen MR) is 78.1 cm³/mol. The molecule has 3 rings (SSSR count). The molecule has 3 nitrogen and oxygen atoms in total. The average molecular weight is 275 g/mol. The van der Waals surface area contributed by atoms with Crippen molar-refractivity contribution >= 4 is 11.8 Å². The zero-order valence-electron chi connectivity index (χ0n) is 10.9. The van der Waals surface area contributed by atoms with Crippen LogP contribution in [-0.2, 0) is 4.74 Å². The molecule has 2 aromatic rings. The number of thioether (sulfide) groups is 1. The van der Waals surface area contributed by atoms with Crippen molar-refractivity contribution in [1.29, 1.82) is 0 Å². The van der Waals surface area contributed by atoms with E-state index >= 15 is 0 Å². The van der Waals surface area contributed by atoms with Crippen molar-refractivity contribution in [2.45, 2.75) is 12.4 Å². The lowest BCUT2D eigenvalue weighted by Crippen LogP contribution is -1.95. The molecule has 0 aliphatic carbocycles. The van der Waals surface area contributed by atoms with Crippen LogP contribution in [0.25, 0.3) is 5.69 Å². The molecule has 0 bridgehead atoms. The number of hydrogen-bond donors (Lipinski definition) is 0. The van der Waals surface area contributed by atoms with Crippen molar-refractivity contribution < 1.29 is 9.47 Å². The van der Waals surface area contributed by atoms with Crippen LogP contribution in [0.3, 0.4) is 0 Å². The van der Waals surface area contributed by atoms with Gasteiger partial charge in [0.1, 0.15) is 11.2 Å². The van der Waals surface area contributed by atoms with Crippen LogP contribution in [0.1, 0.15) is 17.9 Å². The van der Waals surface area contributed by atoms with Crippen LogP contribution in [0, 0.1) is 0 Å². The van der Waals surface area contributed by atoms with E-state index in [1.54, 1.807) is 0 Å². The molecule has 1 saturated heterocycles. The van der Waals surface area contributed by atoms with E-state index in [1.807, 2.05) is 30.8 Å². The van der Waals surface area contributed by atoms with E-state index in [1.165, 1.54) is 5.56 Å². The maximum absolute atomic E-state index is 5.68. The third-order valence-electron chi connectivity index (χ3n) is 3.04. The normalized spacial score (nSPS) is 18.7. The molecule has 1 aliphatic heterocycles. The Labute approximate surface area is 117 Å². The number of benzene rings is 1. The van der Waals surface area contributed by atoms with Crippen molar-refractivity contribution in [3.8, 4) is 11.4 Å². The summed E-state index contributed by atoms with van der Waals surface area (Å²) in [5.74, 6) is 1.98. The molecule has 19 heavy (non-hydrogen) atoms. The standard InChI is InChI=1S/C15H17NO2S/c1-2-17-14-5-3-4-13(10-14)16-7-6-12(11-16)15-18-8-9-19-15/h3-7,10-11,15H,2,8-9H2,1H3. The third kappa shape index (κ3) is 2.80. The van der Waals surface area contributed by atoms with E-state index in [4.69, 9.17) is 9.47 Å². The van der Waals surface area contributed by atoms with E-state index in [2.05, 4.69) is 35.2 Å². The summed E-state index contributed by atoms with van der Waals surface area (Å²) in [6.45, 7) is 3.53. The maximum Gasteiger partial charge on any atom is 0.130 e. The number of hydrogen-bond acceptors (Lipinski definition) is 3. The molecule has 1 aromatic carbocycles. The fourth-order valence-corrected chi connectivity index (χ4v) is 3.10. The summed E-state index contributed by atoms with van der Waals surface area (Å²) in [6, 6.07) is 10.2. The van der Waals surface area contributed by atoms with Gasteiger partial charge in [-0.15, -0.1) is 11.8 Å². The second-order valence-corrected chi connectivity index (χ2v) is 5.53. The number of ether oxygens (including phenoxy) is 2. The zero-order chi connectivity index (χ0) is 13.1. The highest BCUT2D eigenvalue weighted by atomic mass is 32.2. The summed E-state index contributed by atoms with van der Waals surface area (Å²) in [6.07, 6.45) is 4.21. The minimum atomic E-state index is 0.191. The first-order valence-corrected chi connectivity index (χ1v) is 7.56. The highest BCUT2D eigenvalue weighted by Gasteiger charge is 2.19. The van der Waals surface area contributed by atoms with Crippen molar-refractivity contribution in [1.82, 2.24) is 4.57 Å². The van der Waals surface area contributed by atoms with E-state index in [9.17, 15) is 0 Å². The molecule has 4 heteroatoms. The van der Waals surface area contributed by atoms with E-state index < -0.39 is 0 Å². The van der Waals surface area contributed by atoms with Crippen LogP contribution < -0.4 is 4.74 Å². The van der Waals surface area contributed by atoms with Crippen LogP contribution >= 0.6 is 11.8 Å². The topological polar surface area (TPSA) is 23.4 Å². The van der Waals surface area contributed by atoms with Gasteiger partial charge in [-0.1, -0.05) is 6.07 Å². The molecule has 0 spiro atoms. The third-order valence-corrected chi connectivity index (χ3v) is 4.15. The van der Waals surface area contributed by atoms with Crippen LogP contribution in [0.5, 0.6) is 5.75 Å². The molecular formula is C15H17NO2S. The molecule has 100 valence electrons. The Morgan fingerprint density at radius 3 is 3.16 bits per heavy atom. The molecule has 0 amide bonds. The van der Waals surface area contributed by atoms with Gasteiger partial charge in [-0.05, 0) is 25.1 Å². The van der Waals surface area contributed by atoms with Gasteiger partial charge in [0, 0.05) is 35.5 Å². The number of aromatic nitrogens is 1. The minimum absolute atomic E-state index is 0.191. The first kappa shape index (κ1) is 12.6. The van der Waals surface area contributed by atoms with E-state index in [0.29, 0.717) is 6.61 Å². The molecule has 1 atom stereocenters. The highest BCUT2D eigenvalue weighted by molar-refractivity contribution is 7.99. The van der Waals surface area contributed by atoms with Crippen molar-refractivity contribution in [2.75, 3.05) is 19.0 Å². The fourth-order valence-electron chi connectivity index (χ4n) is 2.16. The van der Waals surface area contributed by atoms with Gasteiger partial charge >= 0.3 is 0 Å². The molecule has 2 heterocycles. The van der Waals surface area contributed by atoms with Crippen LogP contribution in [0.15, 0.2) is 42.7 Å². The molecule has 0 saturated carbocycles. The Kier molecular flexibility index (Phi) is 3.80. The lowest BCUT2D eigenvalue weighted by Gasteiger charge is -2.08. The van der Waals surface area contributed by atoms with Gasteiger partial charge in [0.15, 0.2) is 0 Å². The number of rotatable bonds is 4. The van der Waals surface area contributed by atoms with Gasteiger partial charge < -0.3 is 14.0 Å². The summed E-state index contributed by atoms with van der Waals surface area (Å²) in [7, 11) is 0. The van der Waals surface area contributed by atoms with Gasteiger partial charge in [0.2, 0.25) is 0 Å². The molecule has 0 N–H and O–H groups in total. The zero-order valence-corrected chi connectivity index (χ0v) is 11.7. The van der Waals surface area contributed by atoms with Gasteiger partial charge in [-0.25, -0.2) is 0 Å². The van der Waals surface area contributed by atoms with Gasteiger partial charge in [-0.3, -0.25) is 0 Å². The van der Waals surface area contributed by atoms with Crippen molar-refractivity contribution in [2.24, 2.45) is 0 Å². The average Bonchev–Trinajstić information content (AvgIpc) is 3.11. The van der Waals surface area contributed by atoms with Crippen LogP contribution in [0.2, 0.25) is 0 Å². The molecule has 1 unspecified atom stereocenters. The Morgan fingerprint density at radius 2 is 2.37 bits per heavy atom. The molecule has 1 aliphatic rings. The summed E-state index contributed by atoms with van der Waals surface area (Å²) < 4.78 is 13.3. The number of nitrogens with zero attached hydrogens (tertiary/aromatic N) is 1. The second-order valence-electron chi connectivity index (χ2n) is 4.36. The van der Waals surface area contributed by atoms with Gasteiger partial charge in [0.05, 0.1) is 13.2 Å². The minimum Gasteiger partial charge on any atom is -0.494 e. The lowest BCUT2D eigenvalue weighted by atomic mass is 10.3. The molecule has 1 aromatic heterocycles. The van der Waals surface area contributed by atoms with Crippen LogP contribution in [0.4, 0.5) is 0 Å². The SMILES string of the molecule is CCOc1cccc(-n2ccc(C3OCCS3)c2)c1. The first-order chi connectivity index (χ1) is 9.36. The lowest BCUT2D eigenvalue weighted by molar-refractivity contribution is 0.145. The summed E-state index contributed by atoms with van der Waals surface area (Å²) in [4.78, 5) is 0. The van der Waals surface area contributed by atoms with Crippen molar-refractivity contribution in [3.05, 3.63) is 48.3 Å². The maximum atomic E-state index is 5.68. The van der Waals surface area contributed by atoms with Gasteiger partial charge in [0.25, 0.3) is 0 Å². The summed E-state index contributed by atoms with van der Waals surface area (Å²) >= 11 is 1.86. The Hall–Kier alpha value is -1.39. The quantitative estimate of drug-likeness (QED) is 0.851. The molecular weight excluding hydrogens is 258 g/mol. The summed E-state index contributed by atoms with van der Waals surface area (Å²) in [5.41, 5.74) is 2.53. The Morgan fingerprint density at radius 1 is 1.42 bits per heavy atom. The van der Waals surface area contributed by atoms with Crippen molar-refractivity contribution in [3.63, 3.8) is 0 Å². The Bertz CT molecular complexity index is 547. The predicted octanol–water partition coefficient (Wildman–Crippen LogP) is 3.64. The first-order valence-electron chi connectivity index (χ1n) is 6.51. The fraction of sp³-hybridized carbons (Fsp3) is 0.333. The molecule has 1 fully saturated rings. The largest absolute Gasteiger partial charge is 0.494 e. The van der Waals surface area contributed by atoms with E-state index in [0.717, 1.165) is 23.8 Å². The monoisotopic (exact) mass is 275 g/mol. The smallest absolute Gasteiger partial charge is 0.130 e. The van der Waals surface area contributed by atoms with Gasteiger partial charge in [-0.2, -0.15) is 0 Å². The Balaban J connectivity index is 1.83. The van der Waals surface area contributed by atoms with Crippen LogP contribution in [-0.4, -0.2) is 23.5 Å². The highest BCUT2D eigenvalue weighted by Crippen LogP contribution is 2.35. The van der Waals surface area contributed by atoms with E-state index in [-0.39, 0.29) is 5.44 Å².